The van der Waals surface area contributed by atoms with Crippen molar-refractivity contribution in [2.24, 2.45) is 11.8 Å². The summed E-state index contributed by atoms with van der Waals surface area (Å²) in [7, 11) is 1.39. The van der Waals surface area contributed by atoms with Crippen LogP contribution in [0.2, 0.25) is 0 Å². The summed E-state index contributed by atoms with van der Waals surface area (Å²) in [6, 6.07) is 8.92. The first-order valence-corrected chi connectivity index (χ1v) is 13.3. The fourth-order valence-electron chi connectivity index (χ4n) is 5.84. The number of hydrogen-bond donors (Lipinski definition) is 1. The van der Waals surface area contributed by atoms with E-state index in [2.05, 4.69) is 5.32 Å². The van der Waals surface area contributed by atoms with Crippen LogP contribution in [0.1, 0.15) is 53.0 Å². The van der Waals surface area contributed by atoms with Gasteiger partial charge in [0.2, 0.25) is 11.8 Å². The smallest absolute Gasteiger partial charge is 0.342 e. The van der Waals surface area contributed by atoms with Crippen LogP contribution in [-0.2, 0) is 28.5 Å². The quantitative estimate of drug-likeness (QED) is 0.423. The maximum atomic E-state index is 13.7. The van der Waals surface area contributed by atoms with Crippen LogP contribution < -0.4 is 5.32 Å². The molecule has 12 heteroatoms. The number of alkyl halides is 6. The number of piperidine rings is 2. The van der Waals surface area contributed by atoms with E-state index in [1.54, 1.807) is 4.90 Å². The normalized spacial score (nSPS) is 20.3. The molecule has 5 nitrogen and oxygen atoms in total. The van der Waals surface area contributed by atoms with Crippen LogP contribution in [0, 0.1) is 18.8 Å². The van der Waals surface area contributed by atoms with E-state index in [0.29, 0.717) is 31.6 Å². The first-order chi connectivity index (χ1) is 18.8. The molecule has 0 radical (unpaired) electrons. The molecular formula is C29H34ClF6N3O2. The van der Waals surface area contributed by atoms with Gasteiger partial charge in [0.1, 0.15) is 0 Å². The number of likely N-dealkylation sites (tertiary alicyclic amines) is 1. The summed E-state index contributed by atoms with van der Waals surface area (Å²) in [5.41, 5.74) is -1.25. The standard InChI is InChI=1S/C29H33F6N3O2.ClH/c1-18-5-3-4-6-23(18)25-17-38(26(39)20-7-10-36-11-8-20)12-9-24(25)27(40)37(2)16-19-13-21(28(30,31)32)15-22(14-19)29(33,34)35;/h3-6,13-15,20,24-25,36H,7-12,16-17H2,1-2H3;1H/t24-,25+;/m1./s1. The minimum absolute atomic E-state index is 0. The number of hydrogen-bond acceptors (Lipinski definition) is 3. The third-order valence-electron chi connectivity index (χ3n) is 7.96. The Morgan fingerprint density at radius 3 is 2.10 bits per heavy atom. The first kappa shape index (κ1) is 32.7. The van der Waals surface area contributed by atoms with Gasteiger partial charge in [-0.2, -0.15) is 26.3 Å². The van der Waals surface area contributed by atoms with Crippen LogP contribution in [-0.4, -0.2) is 54.8 Å². The van der Waals surface area contributed by atoms with Crippen LogP contribution in [0.3, 0.4) is 0 Å². The molecule has 226 valence electrons. The molecule has 0 bridgehead atoms. The van der Waals surface area contributed by atoms with Crippen molar-refractivity contribution in [3.8, 4) is 0 Å². The summed E-state index contributed by atoms with van der Waals surface area (Å²) in [6.45, 7) is 3.71. The Balaban J connectivity index is 0.00000462. The molecule has 2 aliphatic heterocycles. The molecule has 0 spiro atoms. The zero-order chi connectivity index (χ0) is 29.2. The van der Waals surface area contributed by atoms with Gasteiger partial charge in [0.15, 0.2) is 0 Å². The lowest BCUT2D eigenvalue weighted by atomic mass is 9.78. The topological polar surface area (TPSA) is 52.7 Å². The van der Waals surface area contributed by atoms with Gasteiger partial charge in [-0.25, -0.2) is 0 Å². The summed E-state index contributed by atoms with van der Waals surface area (Å²) in [5, 5.41) is 3.25. The second-order valence-corrected chi connectivity index (χ2v) is 10.8. The Morgan fingerprint density at radius 2 is 1.54 bits per heavy atom. The van der Waals surface area contributed by atoms with E-state index in [-0.39, 0.29) is 47.7 Å². The third-order valence-corrected chi connectivity index (χ3v) is 7.96. The van der Waals surface area contributed by atoms with Crippen LogP contribution in [0.4, 0.5) is 26.3 Å². The maximum absolute atomic E-state index is 13.7. The van der Waals surface area contributed by atoms with E-state index in [1.807, 2.05) is 31.2 Å². The number of carbonyl (C=O) groups is 2. The number of nitrogens with zero attached hydrogens (tertiary/aromatic N) is 2. The number of carbonyl (C=O) groups excluding carboxylic acids is 2. The molecule has 2 atom stereocenters. The highest BCUT2D eigenvalue weighted by atomic mass is 35.5. The number of halogens is 7. The molecule has 0 aliphatic carbocycles. The zero-order valence-corrected chi connectivity index (χ0v) is 23.6. The Morgan fingerprint density at radius 1 is 0.951 bits per heavy atom. The van der Waals surface area contributed by atoms with Crippen molar-refractivity contribution in [3.63, 3.8) is 0 Å². The van der Waals surface area contributed by atoms with Crippen molar-refractivity contribution >= 4 is 24.2 Å². The van der Waals surface area contributed by atoms with Crippen molar-refractivity contribution in [1.82, 2.24) is 15.1 Å². The lowest BCUT2D eigenvalue weighted by Crippen LogP contribution is -2.50. The Kier molecular flexibility index (Phi) is 10.4. The molecule has 2 heterocycles. The Labute approximate surface area is 241 Å². The zero-order valence-electron chi connectivity index (χ0n) is 22.8. The Bertz CT molecular complexity index is 1200. The number of benzene rings is 2. The molecule has 2 saturated heterocycles. The molecule has 2 amide bonds. The second-order valence-electron chi connectivity index (χ2n) is 10.8. The molecule has 0 aromatic heterocycles. The van der Waals surface area contributed by atoms with Crippen LogP contribution >= 0.6 is 12.4 Å². The van der Waals surface area contributed by atoms with E-state index >= 15 is 0 Å². The van der Waals surface area contributed by atoms with Crippen LogP contribution in [0.5, 0.6) is 0 Å². The Hall–Kier alpha value is -2.79. The van der Waals surface area contributed by atoms with Crippen molar-refractivity contribution in [3.05, 3.63) is 70.3 Å². The van der Waals surface area contributed by atoms with E-state index < -0.39 is 35.9 Å². The van der Waals surface area contributed by atoms with Gasteiger partial charge < -0.3 is 15.1 Å². The average molecular weight is 606 g/mol. The molecule has 2 fully saturated rings. The highest BCUT2D eigenvalue weighted by Crippen LogP contribution is 2.38. The van der Waals surface area contributed by atoms with Gasteiger partial charge in [0.05, 0.1) is 11.1 Å². The molecule has 4 rings (SSSR count). The lowest BCUT2D eigenvalue weighted by molar-refractivity contribution is -0.144. The van der Waals surface area contributed by atoms with E-state index in [4.69, 9.17) is 0 Å². The molecule has 0 unspecified atom stereocenters. The fraction of sp³-hybridized carbons (Fsp3) is 0.517. The molecule has 2 aromatic rings. The van der Waals surface area contributed by atoms with Gasteiger partial charge in [-0.1, -0.05) is 24.3 Å². The van der Waals surface area contributed by atoms with Gasteiger partial charge in [0, 0.05) is 44.4 Å². The van der Waals surface area contributed by atoms with Gasteiger partial charge in [-0.15, -0.1) is 12.4 Å². The molecule has 1 N–H and O–H groups in total. The van der Waals surface area contributed by atoms with E-state index in [1.165, 1.54) is 11.9 Å². The number of nitrogens with one attached hydrogen (secondary N) is 1. The maximum Gasteiger partial charge on any atom is 0.416 e. The summed E-state index contributed by atoms with van der Waals surface area (Å²) in [6.07, 6.45) is -8.11. The van der Waals surface area contributed by atoms with Crippen LogP contribution in [0.25, 0.3) is 0 Å². The third kappa shape index (κ3) is 7.74. The summed E-state index contributed by atoms with van der Waals surface area (Å²) in [4.78, 5) is 30.0. The van der Waals surface area contributed by atoms with Crippen molar-refractivity contribution in [1.29, 1.82) is 0 Å². The van der Waals surface area contributed by atoms with Crippen molar-refractivity contribution in [2.45, 2.75) is 51.0 Å². The summed E-state index contributed by atoms with van der Waals surface area (Å²) in [5.74, 6) is -1.35. The SMILES string of the molecule is Cc1ccccc1[C@@H]1CN(C(=O)C2CCNCC2)CC[C@H]1C(=O)N(C)Cc1cc(C(F)(F)F)cc(C(F)(F)F)c1.Cl. The molecule has 2 aromatic carbocycles. The summed E-state index contributed by atoms with van der Waals surface area (Å²) >= 11 is 0. The average Bonchev–Trinajstić information content (AvgIpc) is 2.91. The highest BCUT2D eigenvalue weighted by molar-refractivity contribution is 5.85. The van der Waals surface area contributed by atoms with Gasteiger partial charge in [-0.05, 0) is 74.2 Å². The van der Waals surface area contributed by atoms with E-state index in [9.17, 15) is 35.9 Å². The molecule has 0 saturated carbocycles. The van der Waals surface area contributed by atoms with Gasteiger partial charge in [-0.3, -0.25) is 9.59 Å². The monoisotopic (exact) mass is 605 g/mol. The fourth-order valence-corrected chi connectivity index (χ4v) is 5.84. The van der Waals surface area contributed by atoms with E-state index in [0.717, 1.165) is 37.1 Å². The highest BCUT2D eigenvalue weighted by Gasteiger charge is 2.41. The first-order valence-electron chi connectivity index (χ1n) is 13.3. The van der Waals surface area contributed by atoms with Crippen molar-refractivity contribution < 1.29 is 35.9 Å². The van der Waals surface area contributed by atoms with Gasteiger partial charge in [0.25, 0.3) is 0 Å². The van der Waals surface area contributed by atoms with Gasteiger partial charge >= 0.3 is 12.4 Å². The second kappa shape index (κ2) is 13.0. The largest absolute Gasteiger partial charge is 0.416 e. The molecular weight excluding hydrogens is 572 g/mol. The minimum Gasteiger partial charge on any atom is -0.342 e. The van der Waals surface area contributed by atoms with Crippen LogP contribution in [0.15, 0.2) is 42.5 Å². The summed E-state index contributed by atoms with van der Waals surface area (Å²) < 4.78 is 80.1. The predicted molar refractivity (Wildman–Crippen MR) is 144 cm³/mol. The number of rotatable bonds is 5. The minimum atomic E-state index is -4.97. The van der Waals surface area contributed by atoms with Crippen molar-refractivity contribution in [2.75, 3.05) is 33.2 Å². The number of amides is 2. The molecule has 2 aliphatic rings. The predicted octanol–water partition coefficient (Wildman–Crippen LogP) is 6.04. The lowest BCUT2D eigenvalue weighted by Gasteiger charge is -2.41. The number of aryl methyl sites for hydroxylation is 1. The molecule has 41 heavy (non-hydrogen) atoms.